The third kappa shape index (κ3) is 0.698. The highest BCUT2D eigenvalue weighted by molar-refractivity contribution is 6.29. The summed E-state index contributed by atoms with van der Waals surface area (Å²) in [7, 11) is 0. The number of fused-ring (bicyclic) bond motifs is 1. The van der Waals surface area contributed by atoms with Gasteiger partial charge in [0.15, 0.2) is 0 Å². The van der Waals surface area contributed by atoms with Gasteiger partial charge in [0.05, 0.1) is 10.3 Å². The minimum atomic E-state index is -0.343. The average Bonchev–Trinajstić information content (AvgIpc) is 2.34. The Balaban J connectivity index is 2.46. The van der Waals surface area contributed by atoms with Crippen molar-refractivity contribution in [1.82, 2.24) is 0 Å². The molecule has 0 spiro atoms. The zero-order chi connectivity index (χ0) is 8.11. The largest absolute Gasteiger partial charge is 0.299 e. The summed E-state index contributed by atoms with van der Waals surface area (Å²) in [5.74, 6) is 0.331. The fraction of sp³-hybridized carbons (Fsp3) is 0.667. The van der Waals surface area contributed by atoms with Crippen molar-refractivity contribution < 1.29 is 4.79 Å². The zero-order valence-corrected chi connectivity index (χ0v) is 7.32. The zero-order valence-electron chi connectivity index (χ0n) is 6.56. The molecule has 0 N–H and O–H groups in total. The Morgan fingerprint density at radius 1 is 1.64 bits per heavy atom. The van der Waals surface area contributed by atoms with Crippen LogP contribution >= 0.6 is 11.6 Å². The maximum atomic E-state index is 11.5. The van der Waals surface area contributed by atoms with E-state index in [1.54, 1.807) is 0 Å². The predicted molar refractivity (Wildman–Crippen MR) is 44.7 cm³/mol. The van der Waals surface area contributed by atoms with Crippen molar-refractivity contribution in [3.8, 4) is 0 Å². The maximum Gasteiger partial charge on any atom is 0.141 e. The van der Waals surface area contributed by atoms with Gasteiger partial charge in [-0.2, -0.15) is 0 Å². The molecule has 0 aromatic carbocycles. The number of Topliss-reactive ketones (excluding diaryl/α,β-unsaturated/α-hetero) is 1. The van der Waals surface area contributed by atoms with Gasteiger partial charge >= 0.3 is 0 Å². The summed E-state index contributed by atoms with van der Waals surface area (Å²) < 4.78 is 0. The molecule has 0 radical (unpaired) electrons. The molecule has 1 nitrogen and oxygen atoms in total. The number of alkyl halides is 1. The van der Waals surface area contributed by atoms with Crippen molar-refractivity contribution in [2.24, 2.45) is 5.41 Å². The van der Waals surface area contributed by atoms with Gasteiger partial charge in [-0.15, -0.1) is 11.6 Å². The summed E-state index contributed by atoms with van der Waals surface area (Å²) in [6, 6.07) is 0. The lowest BCUT2D eigenvalue weighted by Crippen LogP contribution is -2.35. The van der Waals surface area contributed by atoms with Crippen molar-refractivity contribution in [3.05, 3.63) is 12.2 Å². The standard InChI is InChI=1S/C9H11ClO/c1-8-4-2-5-9(8,10)6-3-7(8)11/h2,5H,3-4,6H2,1H3. The molecule has 60 valence electrons. The Bertz CT molecular complexity index is 246. The normalized spacial score (nSPS) is 48.4. The van der Waals surface area contributed by atoms with Gasteiger partial charge in [-0.05, 0) is 12.8 Å². The highest BCUT2D eigenvalue weighted by Gasteiger charge is 2.56. The molecule has 0 amide bonds. The van der Waals surface area contributed by atoms with Crippen LogP contribution in [0.2, 0.25) is 0 Å². The van der Waals surface area contributed by atoms with E-state index < -0.39 is 0 Å². The van der Waals surface area contributed by atoms with Crippen molar-refractivity contribution in [2.75, 3.05) is 0 Å². The second kappa shape index (κ2) is 1.89. The van der Waals surface area contributed by atoms with Crippen LogP contribution in [0.5, 0.6) is 0 Å². The SMILES string of the molecule is CC12CC=CC1(Cl)CCC2=O. The van der Waals surface area contributed by atoms with E-state index in [-0.39, 0.29) is 10.3 Å². The molecule has 2 unspecified atom stereocenters. The Labute approximate surface area is 71.4 Å². The van der Waals surface area contributed by atoms with Gasteiger partial charge in [0.2, 0.25) is 0 Å². The molecule has 0 aromatic rings. The first-order chi connectivity index (χ1) is 5.08. The Morgan fingerprint density at radius 3 is 3.00 bits per heavy atom. The first kappa shape index (κ1) is 7.35. The van der Waals surface area contributed by atoms with Gasteiger partial charge in [0.25, 0.3) is 0 Å². The highest BCUT2D eigenvalue weighted by Crippen LogP contribution is 2.54. The monoisotopic (exact) mass is 170 g/mol. The molecular formula is C9H11ClO. The van der Waals surface area contributed by atoms with E-state index in [4.69, 9.17) is 11.6 Å². The van der Waals surface area contributed by atoms with Crippen LogP contribution in [0.15, 0.2) is 12.2 Å². The van der Waals surface area contributed by atoms with Gasteiger partial charge in [0.1, 0.15) is 5.78 Å². The van der Waals surface area contributed by atoms with E-state index in [0.717, 1.165) is 12.8 Å². The van der Waals surface area contributed by atoms with E-state index in [0.29, 0.717) is 12.2 Å². The molecule has 0 saturated heterocycles. The van der Waals surface area contributed by atoms with Crippen LogP contribution in [0.3, 0.4) is 0 Å². The quantitative estimate of drug-likeness (QED) is 0.403. The summed E-state index contributed by atoms with van der Waals surface area (Å²) in [5, 5.41) is 0. The molecule has 2 aliphatic carbocycles. The molecule has 2 rings (SSSR count). The molecule has 0 aliphatic heterocycles. The number of hydrogen-bond donors (Lipinski definition) is 0. The van der Waals surface area contributed by atoms with Crippen LogP contribution in [0, 0.1) is 5.41 Å². The second-order valence-corrected chi connectivity index (χ2v) is 4.40. The van der Waals surface area contributed by atoms with Crippen molar-refractivity contribution in [1.29, 1.82) is 0 Å². The summed E-state index contributed by atoms with van der Waals surface area (Å²) in [6.45, 7) is 1.98. The van der Waals surface area contributed by atoms with Crippen LogP contribution in [-0.4, -0.2) is 10.7 Å². The molecule has 2 heteroatoms. The number of rotatable bonds is 0. The van der Waals surface area contributed by atoms with Crippen LogP contribution in [0.25, 0.3) is 0 Å². The number of carbonyl (C=O) groups is 1. The van der Waals surface area contributed by atoms with Gasteiger partial charge in [0, 0.05) is 6.42 Å². The Morgan fingerprint density at radius 2 is 2.36 bits per heavy atom. The highest BCUT2D eigenvalue weighted by atomic mass is 35.5. The molecule has 2 aliphatic rings. The number of allylic oxidation sites excluding steroid dienone is 2. The third-order valence-electron chi connectivity index (χ3n) is 3.16. The van der Waals surface area contributed by atoms with Crippen molar-refractivity contribution in [2.45, 2.75) is 31.1 Å². The first-order valence-electron chi connectivity index (χ1n) is 3.98. The van der Waals surface area contributed by atoms with E-state index in [2.05, 4.69) is 0 Å². The van der Waals surface area contributed by atoms with E-state index in [1.165, 1.54) is 0 Å². The molecule has 11 heavy (non-hydrogen) atoms. The molecular weight excluding hydrogens is 160 g/mol. The van der Waals surface area contributed by atoms with Gasteiger partial charge in [-0.3, -0.25) is 4.79 Å². The van der Waals surface area contributed by atoms with E-state index in [9.17, 15) is 4.79 Å². The van der Waals surface area contributed by atoms with Crippen LogP contribution in [0.4, 0.5) is 0 Å². The fourth-order valence-corrected chi connectivity index (χ4v) is 2.48. The van der Waals surface area contributed by atoms with E-state index >= 15 is 0 Å². The Kier molecular flexibility index (Phi) is 1.26. The minimum absolute atomic E-state index is 0.283. The van der Waals surface area contributed by atoms with Crippen molar-refractivity contribution >= 4 is 17.4 Å². The number of hydrogen-bond acceptors (Lipinski definition) is 1. The Hall–Kier alpha value is -0.300. The molecule has 0 heterocycles. The summed E-state index contributed by atoms with van der Waals surface area (Å²) in [6.07, 6.45) is 6.34. The molecule has 2 atom stereocenters. The average molecular weight is 171 g/mol. The second-order valence-electron chi connectivity index (χ2n) is 3.72. The molecule has 1 fully saturated rings. The van der Waals surface area contributed by atoms with Crippen LogP contribution < -0.4 is 0 Å². The lowest BCUT2D eigenvalue weighted by Gasteiger charge is -2.29. The summed E-state index contributed by atoms with van der Waals surface area (Å²) >= 11 is 6.30. The van der Waals surface area contributed by atoms with Crippen LogP contribution in [-0.2, 0) is 4.79 Å². The molecule has 1 saturated carbocycles. The maximum absolute atomic E-state index is 11.5. The fourth-order valence-electron chi connectivity index (χ4n) is 2.11. The molecule has 0 aromatic heterocycles. The summed E-state index contributed by atoms with van der Waals surface area (Å²) in [5.41, 5.74) is -0.283. The lowest BCUT2D eigenvalue weighted by atomic mass is 9.80. The predicted octanol–water partition coefficient (Wildman–Crippen LogP) is 2.29. The van der Waals surface area contributed by atoms with Gasteiger partial charge in [-0.25, -0.2) is 0 Å². The smallest absolute Gasteiger partial charge is 0.141 e. The topological polar surface area (TPSA) is 17.1 Å². The number of carbonyl (C=O) groups excluding carboxylic acids is 1. The number of ketones is 1. The van der Waals surface area contributed by atoms with Crippen molar-refractivity contribution in [3.63, 3.8) is 0 Å². The minimum Gasteiger partial charge on any atom is -0.299 e. The van der Waals surface area contributed by atoms with Gasteiger partial charge in [-0.1, -0.05) is 19.1 Å². The van der Waals surface area contributed by atoms with Crippen LogP contribution in [0.1, 0.15) is 26.2 Å². The lowest BCUT2D eigenvalue weighted by molar-refractivity contribution is -0.125. The molecule has 0 bridgehead atoms. The number of halogens is 1. The summed E-state index contributed by atoms with van der Waals surface area (Å²) in [4.78, 5) is 11.1. The van der Waals surface area contributed by atoms with Gasteiger partial charge < -0.3 is 0 Å². The van der Waals surface area contributed by atoms with E-state index in [1.807, 2.05) is 19.1 Å². The first-order valence-corrected chi connectivity index (χ1v) is 4.36. The third-order valence-corrected chi connectivity index (χ3v) is 3.89.